The molecule has 1 aliphatic rings. The molecule has 2 heterocycles. The maximum Gasteiger partial charge on any atom is 0.266 e. The largest absolute Gasteiger partial charge is 0.490 e. The molecule has 144 valence electrons. The number of hydrogen-bond donors (Lipinski definition) is 0. The van der Waals surface area contributed by atoms with E-state index in [2.05, 4.69) is 11.6 Å². The number of ether oxygens (including phenoxy) is 2. The van der Waals surface area contributed by atoms with E-state index >= 15 is 0 Å². The molecule has 0 atom stereocenters. The van der Waals surface area contributed by atoms with Crippen LogP contribution in [0.3, 0.4) is 0 Å². The zero-order valence-corrected chi connectivity index (χ0v) is 17.1. The third-order valence-electron chi connectivity index (χ3n) is 3.86. The molecule has 1 aliphatic heterocycles. The fourth-order valence-corrected chi connectivity index (χ4v) is 3.87. The highest BCUT2D eigenvalue weighted by Gasteiger charge is 2.32. The second kappa shape index (κ2) is 9.52. The standard InChI is InChI=1S/C21H20N2O3S2/c1-3-10-26-17-8-7-15(11-18(17)25-4-2)12-19-20(24)23(21(27)28-19)14-16-6-5-9-22-13-16/h3,5-9,11-13H,1,4,10,14H2,2H3. The van der Waals surface area contributed by atoms with Crippen LogP contribution in [0.2, 0.25) is 0 Å². The van der Waals surface area contributed by atoms with Crippen molar-refractivity contribution in [1.82, 2.24) is 9.88 Å². The number of carbonyl (C=O) groups excluding carboxylic acids is 1. The fraction of sp³-hybridized carbons (Fsp3) is 0.190. The Labute approximate surface area is 174 Å². The Morgan fingerprint density at radius 1 is 1.29 bits per heavy atom. The number of amides is 1. The van der Waals surface area contributed by atoms with Crippen LogP contribution >= 0.6 is 24.0 Å². The zero-order chi connectivity index (χ0) is 19.9. The van der Waals surface area contributed by atoms with Gasteiger partial charge in [-0.25, -0.2) is 0 Å². The molecule has 0 radical (unpaired) electrons. The van der Waals surface area contributed by atoms with E-state index in [-0.39, 0.29) is 5.91 Å². The minimum absolute atomic E-state index is 0.108. The summed E-state index contributed by atoms with van der Waals surface area (Å²) < 4.78 is 11.8. The Morgan fingerprint density at radius 2 is 2.14 bits per heavy atom. The smallest absolute Gasteiger partial charge is 0.266 e. The van der Waals surface area contributed by atoms with Crippen molar-refractivity contribution >= 4 is 40.3 Å². The molecule has 0 aliphatic carbocycles. The number of carbonyl (C=O) groups is 1. The molecule has 0 unspecified atom stereocenters. The summed E-state index contributed by atoms with van der Waals surface area (Å²) in [5.74, 6) is 1.16. The summed E-state index contributed by atoms with van der Waals surface area (Å²) in [4.78, 5) is 19.1. The molecule has 1 saturated heterocycles. The summed E-state index contributed by atoms with van der Waals surface area (Å²) in [5, 5.41) is 0. The first-order valence-electron chi connectivity index (χ1n) is 8.77. The van der Waals surface area contributed by atoms with Crippen molar-refractivity contribution in [3.63, 3.8) is 0 Å². The molecule has 3 rings (SSSR count). The highest BCUT2D eigenvalue weighted by molar-refractivity contribution is 8.26. The Hall–Kier alpha value is -2.64. The lowest BCUT2D eigenvalue weighted by molar-refractivity contribution is -0.122. The third kappa shape index (κ3) is 4.79. The number of thioether (sulfide) groups is 1. The number of hydrogen-bond acceptors (Lipinski definition) is 6. The van der Waals surface area contributed by atoms with Gasteiger partial charge in [-0.3, -0.25) is 14.7 Å². The fourth-order valence-electron chi connectivity index (χ4n) is 2.61. The van der Waals surface area contributed by atoms with Gasteiger partial charge in [-0.1, -0.05) is 48.8 Å². The normalized spacial score (nSPS) is 15.2. The van der Waals surface area contributed by atoms with Crippen molar-refractivity contribution in [2.45, 2.75) is 13.5 Å². The molecule has 5 nitrogen and oxygen atoms in total. The quantitative estimate of drug-likeness (QED) is 0.363. The summed E-state index contributed by atoms with van der Waals surface area (Å²) >= 11 is 6.70. The molecule has 28 heavy (non-hydrogen) atoms. The third-order valence-corrected chi connectivity index (χ3v) is 5.24. The summed E-state index contributed by atoms with van der Waals surface area (Å²) in [6, 6.07) is 9.33. The van der Waals surface area contributed by atoms with Gasteiger partial charge in [0.2, 0.25) is 0 Å². The molecule has 1 aromatic heterocycles. The van der Waals surface area contributed by atoms with Gasteiger partial charge in [0, 0.05) is 12.4 Å². The van der Waals surface area contributed by atoms with E-state index in [1.807, 2.05) is 43.3 Å². The van der Waals surface area contributed by atoms with Gasteiger partial charge in [-0.05, 0) is 42.3 Å². The van der Waals surface area contributed by atoms with Crippen LogP contribution in [0.4, 0.5) is 0 Å². The van der Waals surface area contributed by atoms with Gasteiger partial charge in [-0.2, -0.15) is 0 Å². The van der Waals surface area contributed by atoms with Gasteiger partial charge in [0.1, 0.15) is 10.9 Å². The van der Waals surface area contributed by atoms with Crippen LogP contribution in [0.15, 0.2) is 60.3 Å². The molecule has 2 aromatic rings. The Balaban J connectivity index is 1.81. The highest BCUT2D eigenvalue weighted by Crippen LogP contribution is 2.35. The molecule has 1 amide bonds. The highest BCUT2D eigenvalue weighted by atomic mass is 32.2. The first-order valence-corrected chi connectivity index (χ1v) is 9.99. The predicted octanol–water partition coefficient (Wildman–Crippen LogP) is 4.45. The van der Waals surface area contributed by atoms with Crippen LogP contribution in [0.5, 0.6) is 11.5 Å². The van der Waals surface area contributed by atoms with Crippen molar-refractivity contribution < 1.29 is 14.3 Å². The van der Waals surface area contributed by atoms with E-state index in [4.69, 9.17) is 21.7 Å². The van der Waals surface area contributed by atoms with E-state index in [0.29, 0.717) is 40.5 Å². The summed E-state index contributed by atoms with van der Waals surface area (Å²) in [7, 11) is 0. The van der Waals surface area contributed by atoms with Gasteiger partial charge in [0.15, 0.2) is 11.5 Å². The lowest BCUT2D eigenvalue weighted by atomic mass is 10.1. The minimum atomic E-state index is -0.108. The second-order valence-corrected chi connectivity index (χ2v) is 7.54. The van der Waals surface area contributed by atoms with E-state index in [1.54, 1.807) is 23.4 Å². The van der Waals surface area contributed by atoms with Crippen LogP contribution in [0.1, 0.15) is 18.1 Å². The van der Waals surface area contributed by atoms with Crippen molar-refractivity contribution in [1.29, 1.82) is 0 Å². The second-order valence-electron chi connectivity index (χ2n) is 5.87. The van der Waals surface area contributed by atoms with E-state index in [0.717, 1.165) is 11.1 Å². The number of nitrogens with zero attached hydrogens (tertiary/aromatic N) is 2. The lowest BCUT2D eigenvalue weighted by Gasteiger charge is -2.14. The molecular formula is C21H20N2O3S2. The Morgan fingerprint density at radius 3 is 2.86 bits per heavy atom. The van der Waals surface area contributed by atoms with Crippen molar-refractivity contribution in [3.8, 4) is 11.5 Å². The minimum Gasteiger partial charge on any atom is -0.490 e. The first-order chi connectivity index (χ1) is 13.6. The van der Waals surface area contributed by atoms with Gasteiger partial charge < -0.3 is 9.47 Å². The van der Waals surface area contributed by atoms with Crippen molar-refractivity contribution in [3.05, 3.63) is 71.4 Å². The summed E-state index contributed by atoms with van der Waals surface area (Å²) in [5.41, 5.74) is 1.78. The average molecular weight is 413 g/mol. The average Bonchev–Trinajstić information content (AvgIpc) is 2.96. The van der Waals surface area contributed by atoms with Gasteiger partial charge in [0.05, 0.1) is 18.1 Å². The van der Waals surface area contributed by atoms with Crippen molar-refractivity contribution in [2.24, 2.45) is 0 Å². The van der Waals surface area contributed by atoms with Gasteiger partial charge >= 0.3 is 0 Å². The van der Waals surface area contributed by atoms with Crippen LogP contribution in [-0.2, 0) is 11.3 Å². The summed E-state index contributed by atoms with van der Waals surface area (Å²) in [6.45, 7) is 6.89. The van der Waals surface area contributed by atoms with Crippen LogP contribution in [-0.4, -0.2) is 33.3 Å². The first kappa shape index (κ1) is 20.1. The molecule has 0 spiro atoms. The molecular weight excluding hydrogens is 392 g/mol. The van der Waals surface area contributed by atoms with E-state index in [1.165, 1.54) is 11.8 Å². The van der Waals surface area contributed by atoms with Crippen LogP contribution in [0.25, 0.3) is 6.08 Å². The molecule has 1 aromatic carbocycles. The maximum atomic E-state index is 12.8. The number of thiocarbonyl (C=S) groups is 1. The zero-order valence-electron chi connectivity index (χ0n) is 15.5. The van der Waals surface area contributed by atoms with Gasteiger partial charge in [0.25, 0.3) is 5.91 Å². The van der Waals surface area contributed by atoms with E-state index in [9.17, 15) is 4.79 Å². The molecule has 0 bridgehead atoms. The van der Waals surface area contributed by atoms with Crippen LogP contribution in [0, 0.1) is 0 Å². The van der Waals surface area contributed by atoms with Gasteiger partial charge in [-0.15, -0.1) is 0 Å². The molecule has 0 saturated carbocycles. The molecule has 1 fully saturated rings. The number of pyridine rings is 1. The lowest BCUT2D eigenvalue weighted by Crippen LogP contribution is -2.27. The SMILES string of the molecule is C=CCOc1ccc(C=C2SC(=S)N(Cc3cccnc3)C2=O)cc1OCC. The molecule has 0 N–H and O–H groups in total. The maximum absolute atomic E-state index is 12.8. The number of rotatable bonds is 8. The Kier molecular flexibility index (Phi) is 6.84. The summed E-state index contributed by atoms with van der Waals surface area (Å²) in [6.07, 6.45) is 6.93. The number of aromatic nitrogens is 1. The van der Waals surface area contributed by atoms with Crippen molar-refractivity contribution in [2.75, 3.05) is 13.2 Å². The number of benzene rings is 1. The Bertz CT molecular complexity index is 913. The molecule has 7 heteroatoms. The predicted molar refractivity (Wildman–Crippen MR) is 116 cm³/mol. The van der Waals surface area contributed by atoms with E-state index < -0.39 is 0 Å². The van der Waals surface area contributed by atoms with Crippen LogP contribution < -0.4 is 9.47 Å². The monoisotopic (exact) mass is 412 g/mol. The topological polar surface area (TPSA) is 51.7 Å².